The van der Waals surface area contributed by atoms with Crippen molar-refractivity contribution >= 4 is 5.78 Å². The minimum Gasteiger partial charge on any atom is -0.307 e. The first kappa shape index (κ1) is 5.42. The molecular formula is C7H11NO. The molecule has 50 valence electrons. The maximum Gasteiger partial charge on any atom is 0.150 e. The molecule has 1 aliphatic carbocycles. The van der Waals surface area contributed by atoms with Gasteiger partial charge in [0.05, 0.1) is 6.04 Å². The fraction of sp³-hybridized carbons (Fsp3) is 0.857. The molecule has 2 heteroatoms. The normalized spacial score (nSPS) is 41.6. The number of hydrogen-bond acceptors (Lipinski definition) is 2. The van der Waals surface area contributed by atoms with Crippen molar-refractivity contribution in [2.45, 2.75) is 25.3 Å². The SMILES string of the molecule is O=C1CC2CCC1NC2. The highest BCUT2D eigenvalue weighted by molar-refractivity contribution is 5.85. The minimum absolute atomic E-state index is 0.231. The van der Waals surface area contributed by atoms with Gasteiger partial charge in [0.25, 0.3) is 0 Å². The quantitative estimate of drug-likeness (QED) is 0.505. The van der Waals surface area contributed by atoms with E-state index in [4.69, 9.17) is 0 Å². The van der Waals surface area contributed by atoms with Crippen molar-refractivity contribution in [3.63, 3.8) is 0 Å². The number of ketones is 1. The topological polar surface area (TPSA) is 29.1 Å². The summed E-state index contributed by atoms with van der Waals surface area (Å²) in [6, 6.07) is 0.231. The number of fused-ring (bicyclic) bond motifs is 3. The highest BCUT2D eigenvalue weighted by atomic mass is 16.1. The van der Waals surface area contributed by atoms with Gasteiger partial charge in [0, 0.05) is 6.42 Å². The second-order valence-corrected chi connectivity index (χ2v) is 3.07. The minimum atomic E-state index is 0.231. The van der Waals surface area contributed by atoms with Gasteiger partial charge in [-0.05, 0) is 25.3 Å². The number of carbonyl (C=O) groups is 1. The predicted molar refractivity (Wildman–Crippen MR) is 34.1 cm³/mol. The highest BCUT2D eigenvalue weighted by Gasteiger charge is 2.33. The molecule has 0 amide bonds. The number of nitrogens with one attached hydrogen (secondary N) is 1. The van der Waals surface area contributed by atoms with Crippen LogP contribution >= 0.6 is 0 Å². The van der Waals surface area contributed by atoms with Gasteiger partial charge in [-0.25, -0.2) is 0 Å². The van der Waals surface area contributed by atoms with E-state index in [1.54, 1.807) is 0 Å². The van der Waals surface area contributed by atoms with E-state index in [1.807, 2.05) is 0 Å². The monoisotopic (exact) mass is 125 g/mol. The average Bonchev–Trinajstić information content (AvgIpc) is 1.90. The zero-order chi connectivity index (χ0) is 6.27. The maximum absolute atomic E-state index is 11.0. The third kappa shape index (κ3) is 0.778. The van der Waals surface area contributed by atoms with Crippen LogP contribution < -0.4 is 5.32 Å². The summed E-state index contributed by atoms with van der Waals surface area (Å²) in [6.07, 6.45) is 3.20. The molecule has 2 bridgehead atoms. The second kappa shape index (κ2) is 1.81. The largest absolute Gasteiger partial charge is 0.307 e. The van der Waals surface area contributed by atoms with Crippen molar-refractivity contribution in [1.29, 1.82) is 0 Å². The summed E-state index contributed by atoms with van der Waals surface area (Å²) in [7, 11) is 0. The molecule has 2 aliphatic heterocycles. The molecule has 3 rings (SSSR count). The Morgan fingerprint density at radius 2 is 2.33 bits per heavy atom. The van der Waals surface area contributed by atoms with Crippen molar-refractivity contribution in [1.82, 2.24) is 5.32 Å². The Morgan fingerprint density at radius 3 is 2.56 bits per heavy atom. The van der Waals surface area contributed by atoms with Gasteiger partial charge in [-0.1, -0.05) is 0 Å². The zero-order valence-corrected chi connectivity index (χ0v) is 5.39. The Kier molecular flexibility index (Phi) is 1.09. The lowest BCUT2D eigenvalue weighted by molar-refractivity contribution is -0.126. The van der Waals surface area contributed by atoms with E-state index in [0.717, 1.165) is 19.4 Å². The van der Waals surface area contributed by atoms with E-state index in [1.165, 1.54) is 6.42 Å². The van der Waals surface area contributed by atoms with Crippen LogP contribution in [0.15, 0.2) is 0 Å². The number of piperidine rings is 2. The Morgan fingerprint density at radius 1 is 1.44 bits per heavy atom. The van der Waals surface area contributed by atoms with Crippen molar-refractivity contribution < 1.29 is 4.79 Å². The van der Waals surface area contributed by atoms with Gasteiger partial charge in [0.2, 0.25) is 0 Å². The average molecular weight is 125 g/mol. The Hall–Kier alpha value is -0.370. The van der Waals surface area contributed by atoms with Gasteiger partial charge < -0.3 is 5.32 Å². The fourth-order valence-electron chi connectivity index (χ4n) is 1.79. The fourth-order valence-corrected chi connectivity index (χ4v) is 1.79. The van der Waals surface area contributed by atoms with Crippen molar-refractivity contribution in [3.05, 3.63) is 0 Å². The molecule has 0 aromatic heterocycles. The van der Waals surface area contributed by atoms with Crippen LogP contribution in [0.4, 0.5) is 0 Å². The van der Waals surface area contributed by atoms with Gasteiger partial charge in [0.1, 0.15) is 5.78 Å². The Labute approximate surface area is 54.6 Å². The van der Waals surface area contributed by atoms with Crippen molar-refractivity contribution in [2.24, 2.45) is 5.92 Å². The van der Waals surface area contributed by atoms with Crippen LogP contribution in [-0.2, 0) is 4.79 Å². The van der Waals surface area contributed by atoms with E-state index in [2.05, 4.69) is 5.32 Å². The van der Waals surface area contributed by atoms with Crippen LogP contribution in [0.5, 0.6) is 0 Å². The molecule has 1 saturated carbocycles. The van der Waals surface area contributed by atoms with Crippen LogP contribution in [0, 0.1) is 5.92 Å². The van der Waals surface area contributed by atoms with Crippen LogP contribution in [0.25, 0.3) is 0 Å². The lowest BCUT2D eigenvalue weighted by Crippen LogP contribution is -2.50. The Balaban J connectivity index is 2.15. The van der Waals surface area contributed by atoms with Crippen LogP contribution in [0.2, 0.25) is 0 Å². The van der Waals surface area contributed by atoms with Crippen molar-refractivity contribution in [2.75, 3.05) is 6.54 Å². The zero-order valence-electron chi connectivity index (χ0n) is 5.39. The lowest BCUT2D eigenvalue weighted by atomic mass is 9.81. The van der Waals surface area contributed by atoms with E-state index in [-0.39, 0.29) is 6.04 Å². The molecule has 3 fully saturated rings. The highest BCUT2D eigenvalue weighted by Crippen LogP contribution is 2.25. The van der Waals surface area contributed by atoms with Crippen LogP contribution in [-0.4, -0.2) is 18.4 Å². The Bertz CT molecular complexity index is 136. The number of carbonyl (C=O) groups excluding carboxylic acids is 1. The summed E-state index contributed by atoms with van der Waals surface area (Å²) in [5.74, 6) is 1.11. The summed E-state index contributed by atoms with van der Waals surface area (Å²) in [4.78, 5) is 11.0. The van der Waals surface area contributed by atoms with E-state index in [0.29, 0.717) is 11.7 Å². The third-order valence-electron chi connectivity index (χ3n) is 2.40. The molecule has 2 heterocycles. The van der Waals surface area contributed by atoms with E-state index < -0.39 is 0 Å². The summed E-state index contributed by atoms with van der Waals surface area (Å²) < 4.78 is 0. The molecule has 0 radical (unpaired) electrons. The maximum atomic E-state index is 11.0. The molecule has 2 unspecified atom stereocenters. The second-order valence-electron chi connectivity index (χ2n) is 3.07. The molecular weight excluding hydrogens is 114 g/mol. The van der Waals surface area contributed by atoms with Gasteiger partial charge in [-0.3, -0.25) is 4.79 Å². The summed E-state index contributed by atoms with van der Waals surface area (Å²) in [6.45, 7) is 1.08. The molecule has 2 atom stereocenters. The molecule has 2 saturated heterocycles. The summed E-state index contributed by atoms with van der Waals surface area (Å²) >= 11 is 0. The standard InChI is InChI=1S/C7H11NO/c9-7-3-5-1-2-6(7)8-4-5/h5-6,8H,1-4H2. The molecule has 0 aromatic carbocycles. The smallest absolute Gasteiger partial charge is 0.150 e. The van der Waals surface area contributed by atoms with Gasteiger partial charge in [-0.15, -0.1) is 0 Å². The molecule has 9 heavy (non-hydrogen) atoms. The molecule has 1 N–H and O–H groups in total. The number of Topliss-reactive ketones (excluding diaryl/α,β-unsaturated/α-hetero) is 1. The van der Waals surface area contributed by atoms with E-state index >= 15 is 0 Å². The number of hydrogen-bond donors (Lipinski definition) is 1. The lowest BCUT2D eigenvalue weighted by Gasteiger charge is -2.35. The molecule has 3 aliphatic rings. The van der Waals surface area contributed by atoms with Crippen LogP contribution in [0.1, 0.15) is 19.3 Å². The van der Waals surface area contributed by atoms with Crippen LogP contribution in [0.3, 0.4) is 0 Å². The van der Waals surface area contributed by atoms with Crippen molar-refractivity contribution in [3.8, 4) is 0 Å². The van der Waals surface area contributed by atoms with Gasteiger partial charge in [0.15, 0.2) is 0 Å². The first-order chi connectivity index (χ1) is 4.36. The van der Waals surface area contributed by atoms with E-state index in [9.17, 15) is 4.79 Å². The third-order valence-corrected chi connectivity index (χ3v) is 2.40. The van der Waals surface area contributed by atoms with Gasteiger partial charge in [-0.2, -0.15) is 0 Å². The summed E-state index contributed by atoms with van der Waals surface area (Å²) in [5.41, 5.74) is 0. The van der Waals surface area contributed by atoms with Gasteiger partial charge >= 0.3 is 0 Å². The predicted octanol–water partition coefficient (Wildman–Crippen LogP) is 0.327. The first-order valence-electron chi connectivity index (χ1n) is 3.62. The first-order valence-corrected chi connectivity index (χ1v) is 3.62. The molecule has 2 nitrogen and oxygen atoms in total. The number of rotatable bonds is 0. The summed E-state index contributed by atoms with van der Waals surface area (Å²) in [5, 5.41) is 3.22. The molecule has 0 spiro atoms. The molecule has 0 aromatic rings.